The summed E-state index contributed by atoms with van der Waals surface area (Å²) < 4.78 is 5.25. The van der Waals surface area contributed by atoms with Gasteiger partial charge in [0.05, 0.1) is 7.11 Å². The average molecular weight is 234 g/mol. The monoisotopic (exact) mass is 234 g/mol. The van der Waals surface area contributed by atoms with E-state index >= 15 is 0 Å². The summed E-state index contributed by atoms with van der Waals surface area (Å²) in [6.45, 7) is 1.89. The zero-order chi connectivity index (χ0) is 12.3. The number of rotatable bonds is 6. The molecule has 0 amide bonds. The predicted molar refractivity (Wildman–Crippen MR) is 71.6 cm³/mol. The predicted octanol–water partition coefficient (Wildman–Crippen LogP) is 2.26. The molecule has 0 bridgehead atoms. The number of nitrogens with two attached hydrogens (primary N) is 1. The van der Waals surface area contributed by atoms with Crippen LogP contribution in [0.5, 0.6) is 5.75 Å². The molecule has 2 rings (SSSR count). The Morgan fingerprint density at radius 1 is 1.41 bits per heavy atom. The second-order valence-electron chi connectivity index (χ2n) is 5.10. The number of anilines is 1. The number of benzene rings is 1. The van der Waals surface area contributed by atoms with Crippen LogP contribution in [0.1, 0.15) is 19.3 Å². The Morgan fingerprint density at radius 2 is 2.18 bits per heavy atom. The van der Waals surface area contributed by atoms with E-state index in [1.54, 1.807) is 7.11 Å². The molecule has 0 aromatic heterocycles. The van der Waals surface area contributed by atoms with Crippen molar-refractivity contribution < 1.29 is 4.74 Å². The van der Waals surface area contributed by atoms with Crippen LogP contribution in [0, 0.1) is 5.41 Å². The van der Waals surface area contributed by atoms with Gasteiger partial charge in [0.1, 0.15) is 5.75 Å². The van der Waals surface area contributed by atoms with Crippen molar-refractivity contribution in [1.29, 1.82) is 0 Å². The molecule has 94 valence electrons. The van der Waals surface area contributed by atoms with E-state index in [1.807, 2.05) is 12.1 Å². The van der Waals surface area contributed by atoms with Crippen LogP contribution in [0.2, 0.25) is 0 Å². The summed E-state index contributed by atoms with van der Waals surface area (Å²) in [5, 5.41) is 0. The summed E-state index contributed by atoms with van der Waals surface area (Å²) >= 11 is 0. The smallest absolute Gasteiger partial charge is 0.120 e. The van der Waals surface area contributed by atoms with Crippen molar-refractivity contribution in [2.75, 3.05) is 32.1 Å². The van der Waals surface area contributed by atoms with E-state index in [9.17, 15) is 0 Å². The molecule has 0 unspecified atom stereocenters. The lowest BCUT2D eigenvalue weighted by Crippen LogP contribution is -2.28. The highest BCUT2D eigenvalue weighted by Crippen LogP contribution is 2.49. The fraction of sp³-hybridized carbons (Fsp3) is 0.571. The highest BCUT2D eigenvalue weighted by Gasteiger charge is 2.42. The van der Waals surface area contributed by atoms with Crippen LogP contribution in [0.15, 0.2) is 24.3 Å². The van der Waals surface area contributed by atoms with Crippen LogP contribution in [0.3, 0.4) is 0 Å². The van der Waals surface area contributed by atoms with Crippen molar-refractivity contribution >= 4 is 5.69 Å². The quantitative estimate of drug-likeness (QED) is 0.820. The molecule has 0 saturated heterocycles. The molecular weight excluding hydrogens is 212 g/mol. The van der Waals surface area contributed by atoms with Gasteiger partial charge in [0, 0.05) is 25.3 Å². The van der Waals surface area contributed by atoms with Crippen LogP contribution in [-0.4, -0.2) is 27.2 Å². The summed E-state index contributed by atoms with van der Waals surface area (Å²) in [5.41, 5.74) is 7.37. The lowest BCUT2D eigenvalue weighted by molar-refractivity contribution is 0.414. The molecule has 17 heavy (non-hydrogen) atoms. The van der Waals surface area contributed by atoms with Gasteiger partial charge in [0.2, 0.25) is 0 Å². The topological polar surface area (TPSA) is 38.5 Å². The van der Waals surface area contributed by atoms with Gasteiger partial charge in [-0.15, -0.1) is 0 Å². The zero-order valence-corrected chi connectivity index (χ0v) is 10.8. The lowest BCUT2D eigenvalue weighted by atomic mass is 10.0. The third kappa shape index (κ3) is 2.91. The summed E-state index contributed by atoms with van der Waals surface area (Å²) in [6.07, 6.45) is 3.78. The van der Waals surface area contributed by atoms with Crippen LogP contribution >= 0.6 is 0 Å². The maximum atomic E-state index is 5.68. The second kappa shape index (κ2) is 4.96. The normalized spacial score (nSPS) is 16.6. The Bertz CT molecular complexity index is 374. The summed E-state index contributed by atoms with van der Waals surface area (Å²) in [6, 6.07) is 8.22. The number of nitrogens with zero attached hydrogens (tertiary/aromatic N) is 1. The molecule has 3 heteroatoms. The number of hydrogen-bond donors (Lipinski definition) is 1. The van der Waals surface area contributed by atoms with Gasteiger partial charge in [-0.2, -0.15) is 0 Å². The largest absolute Gasteiger partial charge is 0.497 e. The van der Waals surface area contributed by atoms with Crippen molar-refractivity contribution in [3.8, 4) is 5.75 Å². The molecule has 3 nitrogen and oxygen atoms in total. The molecule has 1 fully saturated rings. The van der Waals surface area contributed by atoms with Crippen molar-refractivity contribution in [2.24, 2.45) is 11.1 Å². The van der Waals surface area contributed by atoms with Gasteiger partial charge in [-0.05, 0) is 43.4 Å². The van der Waals surface area contributed by atoms with Crippen molar-refractivity contribution in [1.82, 2.24) is 0 Å². The van der Waals surface area contributed by atoms with Gasteiger partial charge in [0.25, 0.3) is 0 Å². The molecule has 0 atom stereocenters. The van der Waals surface area contributed by atoms with E-state index in [2.05, 4.69) is 24.1 Å². The Balaban J connectivity index is 2.01. The molecule has 1 saturated carbocycles. The molecule has 0 aliphatic heterocycles. The van der Waals surface area contributed by atoms with Crippen molar-refractivity contribution in [3.05, 3.63) is 24.3 Å². The number of methoxy groups -OCH3 is 1. The minimum atomic E-state index is 0.479. The average Bonchev–Trinajstić information content (AvgIpc) is 3.09. The first-order valence-corrected chi connectivity index (χ1v) is 6.24. The fourth-order valence-electron chi connectivity index (χ4n) is 2.41. The Kier molecular flexibility index (Phi) is 3.57. The third-order valence-corrected chi connectivity index (χ3v) is 3.70. The van der Waals surface area contributed by atoms with Crippen LogP contribution < -0.4 is 15.4 Å². The summed E-state index contributed by atoms with van der Waals surface area (Å²) in [5.74, 6) is 0.915. The van der Waals surface area contributed by atoms with E-state index in [-0.39, 0.29) is 0 Å². The maximum Gasteiger partial charge on any atom is 0.120 e. The fourth-order valence-corrected chi connectivity index (χ4v) is 2.41. The van der Waals surface area contributed by atoms with Crippen molar-refractivity contribution in [3.63, 3.8) is 0 Å². The molecular formula is C14H22N2O. The SMILES string of the molecule is COc1cccc(N(C)CC2(CCN)CC2)c1. The Hall–Kier alpha value is -1.22. The van der Waals surface area contributed by atoms with Gasteiger partial charge >= 0.3 is 0 Å². The van der Waals surface area contributed by atoms with Crippen LogP contribution in [0.4, 0.5) is 5.69 Å². The van der Waals surface area contributed by atoms with Gasteiger partial charge in [-0.25, -0.2) is 0 Å². The van der Waals surface area contributed by atoms with Gasteiger partial charge < -0.3 is 15.4 Å². The molecule has 1 aliphatic rings. The first kappa shape index (κ1) is 12.2. The molecule has 0 heterocycles. The van der Waals surface area contributed by atoms with Crippen LogP contribution in [0.25, 0.3) is 0 Å². The highest BCUT2D eigenvalue weighted by molar-refractivity contribution is 5.50. The van der Waals surface area contributed by atoms with E-state index < -0.39 is 0 Å². The van der Waals surface area contributed by atoms with E-state index in [0.29, 0.717) is 5.41 Å². The summed E-state index contributed by atoms with van der Waals surface area (Å²) in [7, 11) is 3.85. The minimum absolute atomic E-state index is 0.479. The second-order valence-corrected chi connectivity index (χ2v) is 5.10. The maximum absolute atomic E-state index is 5.68. The third-order valence-electron chi connectivity index (χ3n) is 3.70. The lowest BCUT2D eigenvalue weighted by Gasteiger charge is -2.25. The number of hydrogen-bond acceptors (Lipinski definition) is 3. The standard InChI is InChI=1S/C14H22N2O/c1-16(11-14(6-7-14)8-9-15)12-4-3-5-13(10-12)17-2/h3-5,10H,6-9,11,15H2,1-2H3. The van der Waals surface area contributed by atoms with Gasteiger partial charge in [0.15, 0.2) is 0 Å². The summed E-state index contributed by atoms with van der Waals surface area (Å²) in [4.78, 5) is 2.31. The molecule has 2 N–H and O–H groups in total. The number of ether oxygens (including phenoxy) is 1. The Labute approximate surface area is 104 Å². The Morgan fingerprint density at radius 3 is 2.76 bits per heavy atom. The van der Waals surface area contributed by atoms with E-state index in [4.69, 9.17) is 10.5 Å². The van der Waals surface area contributed by atoms with Crippen molar-refractivity contribution in [2.45, 2.75) is 19.3 Å². The van der Waals surface area contributed by atoms with E-state index in [1.165, 1.54) is 18.5 Å². The van der Waals surface area contributed by atoms with Crippen LogP contribution in [-0.2, 0) is 0 Å². The molecule has 0 spiro atoms. The molecule has 1 aliphatic carbocycles. The molecule has 0 radical (unpaired) electrons. The highest BCUT2D eigenvalue weighted by atomic mass is 16.5. The first-order valence-electron chi connectivity index (χ1n) is 6.24. The van der Waals surface area contributed by atoms with Gasteiger partial charge in [-0.1, -0.05) is 6.07 Å². The van der Waals surface area contributed by atoms with E-state index in [0.717, 1.165) is 25.3 Å². The first-order chi connectivity index (χ1) is 8.19. The molecule has 1 aromatic carbocycles. The zero-order valence-electron chi connectivity index (χ0n) is 10.8. The van der Waals surface area contributed by atoms with Gasteiger partial charge in [-0.3, -0.25) is 0 Å². The minimum Gasteiger partial charge on any atom is -0.497 e. The molecule has 1 aromatic rings.